The number of hydrogen-bond acceptors (Lipinski definition) is 6. The minimum Gasteiger partial charge on any atom is -0.381 e. The second-order valence-electron chi connectivity index (χ2n) is 4.73. The molecule has 0 aliphatic heterocycles. The predicted molar refractivity (Wildman–Crippen MR) is 75.3 cm³/mol. The summed E-state index contributed by atoms with van der Waals surface area (Å²) < 4.78 is 7.39. The third kappa shape index (κ3) is 5.88. The Labute approximate surface area is 118 Å². The molecule has 0 bridgehead atoms. The van der Waals surface area contributed by atoms with Crippen LogP contribution in [0.1, 0.15) is 32.6 Å². The Morgan fingerprint density at radius 2 is 2.32 bits per heavy atom. The highest BCUT2D eigenvalue weighted by Crippen LogP contribution is 2.18. The maximum absolute atomic E-state index is 5.52. The summed E-state index contributed by atoms with van der Waals surface area (Å²) in [5.41, 5.74) is 0. The molecule has 0 radical (unpaired) electrons. The molecule has 0 spiro atoms. The smallest absolute Gasteiger partial charge is 0.209 e. The topological polar surface area (TPSA) is 64.9 Å². The second-order valence-corrected chi connectivity index (χ2v) is 5.79. The molecule has 1 saturated carbocycles. The van der Waals surface area contributed by atoms with E-state index in [1.54, 1.807) is 11.8 Å². The zero-order chi connectivity index (χ0) is 13.3. The molecule has 19 heavy (non-hydrogen) atoms. The van der Waals surface area contributed by atoms with Crippen molar-refractivity contribution in [1.82, 2.24) is 25.5 Å². The zero-order valence-electron chi connectivity index (χ0n) is 11.5. The molecule has 1 aromatic rings. The highest BCUT2D eigenvalue weighted by molar-refractivity contribution is 7.99. The van der Waals surface area contributed by atoms with Gasteiger partial charge in [0.05, 0.1) is 13.2 Å². The largest absolute Gasteiger partial charge is 0.381 e. The number of thioether (sulfide) groups is 1. The average molecular weight is 285 g/mol. The van der Waals surface area contributed by atoms with Gasteiger partial charge in [0.25, 0.3) is 0 Å². The van der Waals surface area contributed by atoms with Gasteiger partial charge in [-0.1, -0.05) is 25.1 Å². The Hall–Kier alpha value is -0.660. The van der Waals surface area contributed by atoms with Crippen molar-refractivity contribution in [1.29, 1.82) is 0 Å². The molecule has 108 valence electrons. The fraction of sp³-hybridized carbons (Fsp3) is 0.917. The zero-order valence-corrected chi connectivity index (χ0v) is 12.4. The molecule has 1 heterocycles. The summed E-state index contributed by atoms with van der Waals surface area (Å²) in [5.74, 6) is 0.903. The highest BCUT2D eigenvalue weighted by Gasteiger charge is 2.19. The van der Waals surface area contributed by atoms with Crippen molar-refractivity contribution in [2.45, 2.75) is 50.4 Å². The molecule has 1 fully saturated rings. The molecule has 0 unspecified atom stereocenters. The molecule has 2 rings (SSSR count). The van der Waals surface area contributed by atoms with Gasteiger partial charge in [0, 0.05) is 24.9 Å². The van der Waals surface area contributed by atoms with Gasteiger partial charge in [-0.15, -0.1) is 5.10 Å². The third-order valence-corrected chi connectivity index (χ3v) is 3.86. The molecular formula is C12H23N5OS. The van der Waals surface area contributed by atoms with E-state index in [1.807, 2.05) is 4.68 Å². The van der Waals surface area contributed by atoms with Crippen molar-refractivity contribution in [3.8, 4) is 0 Å². The van der Waals surface area contributed by atoms with Crippen LogP contribution < -0.4 is 5.32 Å². The molecule has 0 saturated heterocycles. The van der Waals surface area contributed by atoms with Crippen molar-refractivity contribution in [3.05, 3.63) is 0 Å². The van der Waals surface area contributed by atoms with Crippen LogP contribution in [-0.4, -0.2) is 51.8 Å². The van der Waals surface area contributed by atoms with E-state index < -0.39 is 0 Å². The fourth-order valence-electron chi connectivity index (χ4n) is 1.64. The van der Waals surface area contributed by atoms with Crippen LogP contribution in [0.2, 0.25) is 0 Å². The standard InChI is InChI=1S/C12H23N5OS/c1-2-3-8-18-9-10-19-12-14-15-16-17(12)7-6-13-11-4-5-11/h11,13H,2-10H2,1H3. The molecule has 7 heteroatoms. The Bertz CT molecular complexity index is 356. The van der Waals surface area contributed by atoms with E-state index in [2.05, 4.69) is 27.8 Å². The van der Waals surface area contributed by atoms with Gasteiger partial charge in [-0.25, -0.2) is 4.68 Å². The lowest BCUT2D eigenvalue weighted by Crippen LogP contribution is -2.22. The number of aromatic nitrogens is 4. The first kappa shape index (κ1) is 14.7. The van der Waals surface area contributed by atoms with Crippen LogP contribution in [0.4, 0.5) is 0 Å². The monoisotopic (exact) mass is 285 g/mol. The number of nitrogens with one attached hydrogen (secondary N) is 1. The van der Waals surface area contributed by atoms with Gasteiger partial charge in [0.1, 0.15) is 0 Å². The van der Waals surface area contributed by atoms with Crippen molar-refractivity contribution >= 4 is 11.8 Å². The highest BCUT2D eigenvalue weighted by atomic mass is 32.2. The van der Waals surface area contributed by atoms with E-state index in [-0.39, 0.29) is 0 Å². The Morgan fingerprint density at radius 1 is 1.42 bits per heavy atom. The van der Waals surface area contributed by atoms with E-state index in [4.69, 9.17) is 4.74 Å². The number of hydrogen-bond donors (Lipinski definition) is 1. The van der Waals surface area contributed by atoms with Crippen LogP contribution >= 0.6 is 11.8 Å². The minimum absolute atomic E-state index is 0.736. The molecule has 6 nitrogen and oxygen atoms in total. The van der Waals surface area contributed by atoms with Crippen molar-refractivity contribution in [2.24, 2.45) is 0 Å². The summed E-state index contributed by atoms with van der Waals surface area (Å²) in [7, 11) is 0. The van der Waals surface area contributed by atoms with Crippen molar-refractivity contribution in [3.63, 3.8) is 0 Å². The number of nitrogens with zero attached hydrogens (tertiary/aromatic N) is 4. The summed E-state index contributed by atoms with van der Waals surface area (Å²) in [6, 6.07) is 0.736. The summed E-state index contributed by atoms with van der Waals surface area (Å²) >= 11 is 1.66. The Kier molecular flexibility index (Phi) is 6.59. The summed E-state index contributed by atoms with van der Waals surface area (Å²) in [5, 5.41) is 16.1. The van der Waals surface area contributed by atoms with Crippen LogP contribution in [0.3, 0.4) is 0 Å². The second kappa shape index (κ2) is 8.50. The van der Waals surface area contributed by atoms with Gasteiger partial charge in [0.15, 0.2) is 0 Å². The van der Waals surface area contributed by atoms with Crippen molar-refractivity contribution in [2.75, 3.05) is 25.5 Å². The first-order chi connectivity index (χ1) is 9.40. The van der Waals surface area contributed by atoms with Crippen LogP contribution in [0.15, 0.2) is 5.16 Å². The SMILES string of the molecule is CCCCOCCSc1nnnn1CCNC1CC1. The molecule has 0 aromatic carbocycles. The van der Waals surface area contributed by atoms with E-state index in [1.165, 1.54) is 19.3 Å². The molecule has 1 aromatic heterocycles. The van der Waals surface area contributed by atoms with Gasteiger partial charge >= 0.3 is 0 Å². The Morgan fingerprint density at radius 3 is 3.11 bits per heavy atom. The number of ether oxygens (including phenoxy) is 1. The van der Waals surface area contributed by atoms with Crippen LogP contribution in [0.25, 0.3) is 0 Å². The van der Waals surface area contributed by atoms with Crippen LogP contribution in [0.5, 0.6) is 0 Å². The molecule has 1 aliphatic carbocycles. The maximum atomic E-state index is 5.52. The molecule has 0 atom stereocenters. The summed E-state index contributed by atoms with van der Waals surface area (Å²) in [6.45, 7) is 5.56. The quantitative estimate of drug-likeness (QED) is 0.489. The normalized spacial score (nSPS) is 15.0. The first-order valence-electron chi connectivity index (χ1n) is 7.10. The lowest BCUT2D eigenvalue weighted by Gasteiger charge is -2.05. The van der Waals surface area contributed by atoms with Crippen molar-refractivity contribution < 1.29 is 4.74 Å². The van der Waals surface area contributed by atoms with E-state index in [9.17, 15) is 0 Å². The third-order valence-electron chi connectivity index (χ3n) is 2.93. The maximum Gasteiger partial charge on any atom is 0.209 e. The molecule has 0 amide bonds. The van der Waals surface area contributed by atoms with E-state index in [0.717, 1.165) is 49.7 Å². The Balaban J connectivity index is 1.58. The van der Waals surface area contributed by atoms with Gasteiger partial charge in [0.2, 0.25) is 5.16 Å². The summed E-state index contributed by atoms with van der Waals surface area (Å²) in [4.78, 5) is 0. The van der Waals surface area contributed by atoms with Gasteiger partial charge in [-0.3, -0.25) is 0 Å². The molecule has 1 aliphatic rings. The number of tetrazole rings is 1. The molecule has 1 N–H and O–H groups in total. The van der Waals surface area contributed by atoms with Gasteiger partial charge in [-0.05, 0) is 29.7 Å². The minimum atomic E-state index is 0.736. The van der Waals surface area contributed by atoms with Gasteiger partial charge < -0.3 is 10.1 Å². The van der Waals surface area contributed by atoms with Crippen LogP contribution in [-0.2, 0) is 11.3 Å². The lowest BCUT2D eigenvalue weighted by molar-refractivity contribution is 0.147. The number of rotatable bonds is 11. The number of unbranched alkanes of at least 4 members (excludes halogenated alkanes) is 1. The summed E-state index contributed by atoms with van der Waals surface area (Å²) in [6.07, 6.45) is 4.94. The van der Waals surface area contributed by atoms with Crippen LogP contribution in [0, 0.1) is 0 Å². The molecular weight excluding hydrogens is 262 g/mol. The average Bonchev–Trinajstić information content (AvgIpc) is 3.13. The first-order valence-corrected chi connectivity index (χ1v) is 8.09. The fourth-order valence-corrected chi connectivity index (χ4v) is 2.40. The van der Waals surface area contributed by atoms with Gasteiger partial charge in [-0.2, -0.15) is 0 Å². The van der Waals surface area contributed by atoms with E-state index in [0.29, 0.717) is 0 Å². The van der Waals surface area contributed by atoms with E-state index >= 15 is 0 Å². The lowest BCUT2D eigenvalue weighted by atomic mass is 10.4. The predicted octanol–water partition coefficient (Wildman–Crippen LogP) is 1.33.